The number of nitrogens with one attached hydrogen (secondary N) is 1. The number of amides is 1. The van der Waals surface area contributed by atoms with E-state index in [1.54, 1.807) is 13.8 Å². The van der Waals surface area contributed by atoms with Crippen LogP contribution >= 0.6 is 11.3 Å². The SMILES string of the molecule is CCOC(=O)c1sc(NC(=O)c2cc(S(=O)(=O)N3CCCCCC3)ccc2OC)nc1C. The molecule has 3 rings (SSSR count). The van der Waals surface area contributed by atoms with Crippen LogP contribution in [0.4, 0.5) is 5.13 Å². The highest BCUT2D eigenvalue weighted by Gasteiger charge is 2.27. The quantitative estimate of drug-likeness (QED) is 0.602. The molecule has 1 N–H and O–H groups in total. The highest BCUT2D eigenvalue weighted by Crippen LogP contribution is 2.28. The number of benzene rings is 1. The zero-order chi connectivity index (χ0) is 23.3. The van der Waals surface area contributed by atoms with E-state index in [1.165, 1.54) is 29.6 Å². The molecule has 0 aliphatic carbocycles. The second-order valence-corrected chi connectivity index (χ2v) is 10.2. The lowest BCUT2D eigenvalue weighted by Gasteiger charge is -2.20. The van der Waals surface area contributed by atoms with E-state index in [0.717, 1.165) is 37.0 Å². The number of esters is 1. The molecule has 1 amide bonds. The van der Waals surface area contributed by atoms with Crippen LogP contribution < -0.4 is 10.1 Å². The molecule has 1 aromatic heterocycles. The number of hydrogen-bond donors (Lipinski definition) is 1. The molecule has 0 saturated carbocycles. The van der Waals surface area contributed by atoms with Gasteiger partial charge >= 0.3 is 5.97 Å². The first kappa shape index (κ1) is 24.1. The Balaban J connectivity index is 1.88. The van der Waals surface area contributed by atoms with Crippen molar-refractivity contribution in [3.8, 4) is 5.75 Å². The Morgan fingerprint density at radius 2 is 1.88 bits per heavy atom. The number of rotatable bonds is 7. The Hall–Kier alpha value is -2.50. The minimum absolute atomic E-state index is 0.0351. The molecule has 32 heavy (non-hydrogen) atoms. The van der Waals surface area contributed by atoms with E-state index >= 15 is 0 Å². The van der Waals surface area contributed by atoms with E-state index in [0.29, 0.717) is 23.7 Å². The largest absolute Gasteiger partial charge is 0.496 e. The van der Waals surface area contributed by atoms with Crippen molar-refractivity contribution >= 4 is 38.4 Å². The lowest BCUT2D eigenvalue weighted by Crippen LogP contribution is -2.32. The number of aromatic nitrogens is 1. The van der Waals surface area contributed by atoms with Crippen molar-refractivity contribution in [2.24, 2.45) is 0 Å². The molecule has 1 fully saturated rings. The molecule has 2 heterocycles. The highest BCUT2D eigenvalue weighted by molar-refractivity contribution is 7.89. The molecule has 0 bridgehead atoms. The predicted molar refractivity (Wildman–Crippen MR) is 121 cm³/mol. The summed E-state index contributed by atoms with van der Waals surface area (Å²) in [4.78, 5) is 29.5. The van der Waals surface area contributed by atoms with Gasteiger partial charge in [-0.1, -0.05) is 24.2 Å². The minimum atomic E-state index is -3.74. The molecule has 0 unspecified atom stereocenters. The lowest BCUT2D eigenvalue weighted by molar-refractivity contribution is 0.0531. The maximum absolute atomic E-state index is 13.1. The number of methoxy groups -OCH3 is 1. The van der Waals surface area contributed by atoms with Crippen LogP contribution in [0, 0.1) is 6.92 Å². The van der Waals surface area contributed by atoms with Gasteiger partial charge in [-0.25, -0.2) is 18.2 Å². The summed E-state index contributed by atoms with van der Waals surface area (Å²) in [5.41, 5.74) is 0.502. The average Bonchev–Trinajstić information content (AvgIpc) is 2.95. The van der Waals surface area contributed by atoms with Crippen LogP contribution in [0.2, 0.25) is 0 Å². The maximum atomic E-state index is 13.1. The number of hydrogen-bond acceptors (Lipinski definition) is 8. The van der Waals surface area contributed by atoms with Gasteiger partial charge in [0, 0.05) is 13.1 Å². The van der Waals surface area contributed by atoms with Crippen LogP contribution in [0.3, 0.4) is 0 Å². The predicted octanol–water partition coefficient (Wildman–Crippen LogP) is 3.45. The van der Waals surface area contributed by atoms with Gasteiger partial charge in [-0.2, -0.15) is 4.31 Å². The molecule has 1 aliphatic heterocycles. The summed E-state index contributed by atoms with van der Waals surface area (Å²) in [5.74, 6) is -0.860. The van der Waals surface area contributed by atoms with Gasteiger partial charge in [0.05, 0.1) is 29.9 Å². The Labute approximate surface area is 191 Å². The van der Waals surface area contributed by atoms with Gasteiger partial charge in [-0.15, -0.1) is 0 Å². The first-order valence-electron chi connectivity index (χ1n) is 10.4. The summed E-state index contributed by atoms with van der Waals surface area (Å²) in [5, 5.41) is 2.84. The average molecular weight is 482 g/mol. The maximum Gasteiger partial charge on any atom is 0.350 e. The molecule has 174 valence electrons. The first-order valence-corrected chi connectivity index (χ1v) is 12.7. The topological polar surface area (TPSA) is 115 Å². The van der Waals surface area contributed by atoms with Gasteiger partial charge in [0.1, 0.15) is 10.6 Å². The van der Waals surface area contributed by atoms with E-state index in [1.807, 2.05) is 0 Å². The van der Waals surface area contributed by atoms with Gasteiger partial charge in [-0.3, -0.25) is 10.1 Å². The smallest absolute Gasteiger partial charge is 0.350 e. The van der Waals surface area contributed by atoms with E-state index < -0.39 is 21.9 Å². The second-order valence-electron chi connectivity index (χ2n) is 7.29. The fraction of sp³-hybridized carbons (Fsp3) is 0.476. The van der Waals surface area contributed by atoms with E-state index in [-0.39, 0.29) is 27.9 Å². The Morgan fingerprint density at radius 3 is 2.50 bits per heavy atom. The Morgan fingerprint density at radius 1 is 1.19 bits per heavy atom. The van der Waals surface area contributed by atoms with Crippen molar-refractivity contribution in [1.29, 1.82) is 0 Å². The van der Waals surface area contributed by atoms with Gasteiger partial charge in [0.2, 0.25) is 10.0 Å². The zero-order valence-electron chi connectivity index (χ0n) is 18.3. The Bertz CT molecular complexity index is 1090. The van der Waals surface area contributed by atoms with Crippen LogP contribution in [0.15, 0.2) is 23.1 Å². The molecule has 1 aromatic carbocycles. The van der Waals surface area contributed by atoms with E-state index in [4.69, 9.17) is 9.47 Å². The summed E-state index contributed by atoms with van der Waals surface area (Å²) >= 11 is 0.994. The summed E-state index contributed by atoms with van der Waals surface area (Å²) in [6.07, 6.45) is 3.64. The van der Waals surface area contributed by atoms with Crippen molar-refractivity contribution in [2.45, 2.75) is 44.4 Å². The molecule has 1 saturated heterocycles. The van der Waals surface area contributed by atoms with Gasteiger partial charge in [-0.05, 0) is 44.9 Å². The van der Waals surface area contributed by atoms with Crippen LogP contribution in [-0.4, -0.2) is 56.4 Å². The fourth-order valence-electron chi connectivity index (χ4n) is 3.46. The van der Waals surface area contributed by atoms with Gasteiger partial charge in [0.15, 0.2) is 5.13 Å². The van der Waals surface area contributed by atoms with E-state index in [2.05, 4.69) is 10.3 Å². The number of anilines is 1. The number of carbonyl (C=O) groups is 2. The monoisotopic (exact) mass is 481 g/mol. The number of ether oxygens (including phenoxy) is 2. The highest BCUT2D eigenvalue weighted by atomic mass is 32.2. The zero-order valence-corrected chi connectivity index (χ0v) is 20.0. The number of nitrogens with zero attached hydrogens (tertiary/aromatic N) is 2. The molecular formula is C21H27N3O6S2. The number of aryl methyl sites for hydroxylation is 1. The Kier molecular flexibility index (Phi) is 7.86. The van der Waals surface area contributed by atoms with Crippen molar-refractivity contribution in [2.75, 3.05) is 32.1 Å². The summed E-state index contributed by atoms with van der Waals surface area (Å²) in [7, 11) is -2.33. The van der Waals surface area contributed by atoms with Crippen molar-refractivity contribution in [3.05, 3.63) is 34.3 Å². The van der Waals surface area contributed by atoms with Crippen LogP contribution in [-0.2, 0) is 14.8 Å². The minimum Gasteiger partial charge on any atom is -0.496 e. The number of thiazole rings is 1. The van der Waals surface area contributed by atoms with Crippen molar-refractivity contribution in [3.63, 3.8) is 0 Å². The van der Waals surface area contributed by atoms with Gasteiger partial charge in [0.25, 0.3) is 5.91 Å². The molecule has 9 nitrogen and oxygen atoms in total. The van der Waals surface area contributed by atoms with Crippen LogP contribution in [0.25, 0.3) is 0 Å². The molecule has 0 radical (unpaired) electrons. The molecule has 2 aromatic rings. The number of carbonyl (C=O) groups excluding carboxylic acids is 2. The standard InChI is InChI=1S/C21H27N3O6S2/c1-4-30-20(26)18-14(2)22-21(31-18)23-19(25)16-13-15(9-10-17(16)29-3)32(27,28)24-11-7-5-6-8-12-24/h9-10,13H,4-8,11-12H2,1-3H3,(H,22,23,25). The molecule has 0 atom stereocenters. The third-order valence-electron chi connectivity index (χ3n) is 5.10. The summed E-state index contributed by atoms with van der Waals surface area (Å²) in [6, 6.07) is 4.24. The third-order valence-corrected chi connectivity index (χ3v) is 8.04. The molecule has 11 heteroatoms. The number of sulfonamides is 1. The normalized spacial score (nSPS) is 15.1. The van der Waals surface area contributed by atoms with Crippen molar-refractivity contribution < 1.29 is 27.5 Å². The second kappa shape index (κ2) is 10.4. The van der Waals surface area contributed by atoms with Crippen LogP contribution in [0.1, 0.15) is 58.3 Å². The van der Waals surface area contributed by atoms with Gasteiger partial charge < -0.3 is 9.47 Å². The molecule has 1 aliphatic rings. The van der Waals surface area contributed by atoms with E-state index in [9.17, 15) is 18.0 Å². The lowest BCUT2D eigenvalue weighted by atomic mass is 10.2. The molecule has 0 spiro atoms. The molecular weight excluding hydrogens is 454 g/mol. The van der Waals surface area contributed by atoms with Crippen molar-refractivity contribution in [1.82, 2.24) is 9.29 Å². The third kappa shape index (κ3) is 5.28. The van der Waals surface area contributed by atoms with Crippen LogP contribution in [0.5, 0.6) is 5.75 Å². The summed E-state index contributed by atoms with van der Waals surface area (Å²) < 4.78 is 38.0. The first-order chi connectivity index (χ1) is 15.3. The summed E-state index contributed by atoms with van der Waals surface area (Å²) in [6.45, 7) is 4.51. The fourth-order valence-corrected chi connectivity index (χ4v) is 5.86.